The molecule has 0 aromatic carbocycles. The lowest BCUT2D eigenvalue weighted by Crippen LogP contribution is -1.91. The fourth-order valence-electron chi connectivity index (χ4n) is 0.854. The maximum Gasteiger partial charge on any atom is 0.110 e. The van der Waals surface area contributed by atoms with Gasteiger partial charge in [0.15, 0.2) is 0 Å². The van der Waals surface area contributed by atoms with Crippen molar-refractivity contribution in [2.24, 2.45) is 0 Å². The largest absolute Gasteiger partial charge is 0.234 e. The van der Waals surface area contributed by atoms with Crippen LogP contribution < -0.4 is 0 Å². The Morgan fingerprint density at radius 3 is 2.36 bits per heavy atom. The lowest BCUT2D eigenvalue weighted by atomic mass is 10.1. The Balaban J connectivity index is 3.09. The van der Waals surface area contributed by atoms with Crippen LogP contribution in [0.3, 0.4) is 0 Å². The van der Waals surface area contributed by atoms with Crippen LogP contribution in [-0.2, 0) is 0 Å². The molecule has 1 heterocycles. The fraction of sp³-hybridized carbons (Fsp3) is 0.375. The maximum absolute atomic E-state index is 4.23. The summed E-state index contributed by atoms with van der Waals surface area (Å²) in [5.41, 5.74) is 1.24. The lowest BCUT2D eigenvalue weighted by Gasteiger charge is -2.06. The van der Waals surface area contributed by atoms with Gasteiger partial charge >= 0.3 is 0 Å². The third-order valence-electron chi connectivity index (χ3n) is 1.47. The van der Waals surface area contributed by atoms with E-state index in [-0.39, 0.29) is 0 Å². The van der Waals surface area contributed by atoms with E-state index in [1.165, 1.54) is 5.56 Å². The van der Waals surface area contributed by atoms with Gasteiger partial charge in [0.05, 0.1) is 0 Å². The summed E-state index contributed by atoms with van der Waals surface area (Å²) in [6, 6.07) is 4.03. The van der Waals surface area contributed by atoms with Gasteiger partial charge in [-0.05, 0) is 49.4 Å². The van der Waals surface area contributed by atoms with E-state index >= 15 is 0 Å². The fourth-order valence-corrected chi connectivity index (χ4v) is 2.18. The highest BCUT2D eigenvalue weighted by atomic mass is 79.9. The van der Waals surface area contributed by atoms with Gasteiger partial charge < -0.3 is 0 Å². The standard InChI is InChI=1S/C8H9Br2N/c1-5(2)6-3-4-7(9)11-8(6)10/h3-5H,1-2H3. The predicted octanol–water partition coefficient (Wildman–Crippen LogP) is 3.73. The molecule has 0 amide bonds. The molecule has 0 saturated carbocycles. The lowest BCUT2D eigenvalue weighted by molar-refractivity contribution is 0.847. The van der Waals surface area contributed by atoms with Gasteiger partial charge in [-0.3, -0.25) is 0 Å². The maximum atomic E-state index is 4.23. The van der Waals surface area contributed by atoms with E-state index in [1.54, 1.807) is 0 Å². The van der Waals surface area contributed by atoms with Crippen molar-refractivity contribution in [2.45, 2.75) is 19.8 Å². The average Bonchev–Trinajstić information content (AvgIpc) is 1.85. The minimum Gasteiger partial charge on any atom is -0.234 e. The van der Waals surface area contributed by atoms with Crippen LogP contribution >= 0.6 is 31.9 Å². The first-order chi connectivity index (χ1) is 5.11. The van der Waals surface area contributed by atoms with Crippen molar-refractivity contribution in [3.05, 3.63) is 26.9 Å². The van der Waals surface area contributed by atoms with Crippen molar-refractivity contribution in [1.29, 1.82) is 0 Å². The SMILES string of the molecule is CC(C)c1ccc(Br)nc1Br. The summed E-state index contributed by atoms with van der Waals surface area (Å²) < 4.78 is 1.80. The summed E-state index contributed by atoms with van der Waals surface area (Å²) in [6.07, 6.45) is 0. The summed E-state index contributed by atoms with van der Waals surface area (Å²) >= 11 is 6.71. The van der Waals surface area contributed by atoms with Gasteiger partial charge in [-0.1, -0.05) is 19.9 Å². The van der Waals surface area contributed by atoms with E-state index in [1.807, 2.05) is 6.07 Å². The van der Waals surface area contributed by atoms with E-state index in [4.69, 9.17) is 0 Å². The zero-order chi connectivity index (χ0) is 8.43. The van der Waals surface area contributed by atoms with E-state index in [0.29, 0.717) is 5.92 Å². The van der Waals surface area contributed by atoms with Gasteiger partial charge in [0.25, 0.3) is 0 Å². The Hall–Kier alpha value is 0.110. The van der Waals surface area contributed by atoms with E-state index in [2.05, 4.69) is 56.8 Å². The van der Waals surface area contributed by atoms with Crippen LogP contribution in [0.2, 0.25) is 0 Å². The van der Waals surface area contributed by atoms with Crippen LogP contribution in [0.5, 0.6) is 0 Å². The second-order valence-electron chi connectivity index (χ2n) is 2.67. The van der Waals surface area contributed by atoms with E-state index in [0.717, 1.165) is 9.21 Å². The zero-order valence-corrected chi connectivity index (χ0v) is 9.61. The smallest absolute Gasteiger partial charge is 0.110 e. The highest BCUT2D eigenvalue weighted by Crippen LogP contribution is 2.24. The highest BCUT2D eigenvalue weighted by Gasteiger charge is 2.04. The molecule has 1 rings (SSSR count). The minimum absolute atomic E-state index is 0.518. The molecule has 0 spiro atoms. The van der Waals surface area contributed by atoms with Crippen LogP contribution in [0.25, 0.3) is 0 Å². The number of hydrogen-bond acceptors (Lipinski definition) is 1. The molecule has 0 radical (unpaired) electrons. The Morgan fingerprint density at radius 2 is 1.91 bits per heavy atom. The monoisotopic (exact) mass is 277 g/mol. The first-order valence-corrected chi connectivity index (χ1v) is 5.02. The topological polar surface area (TPSA) is 12.9 Å². The molecule has 11 heavy (non-hydrogen) atoms. The van der Waals surface area contributed by atoms with Crippen molar-refractivity contribution in [2.75, 3.05) is 0 Å². The molecule has 0 N–H and O–H groups in total. The van der Waals surface area contributed by atoms with Crippen molar-refractivity contribution < 1.29 is 0 Å². The number of pyridine rings is 1. The number of rotatable bonds is 1. The molecule has 0 atom stereocenters. The molecule has 0 unspecified atom stereocenters. The van der Waals surface area contributed by atoms with Crippen molar-refractivity contribution in [3.8, 4) is 0 Å². The Bertz CT molecular complexity index is 258. The second-order valence-corrected chi connectivity index (χ2v) is 4.23. The van der Waals surface area contributed by atoms with Gasteiger partial charge in [-0.25, -0.2) is 4.98 Å². The molecule has 0 saturated heterocycles. The molecule has 1 nitrogen and oxygen atoms in total. The summed E-state index contributed by atoms with van der Waals surface area (Å²) in [5.74, 6) is 0.518. The first kappa shape index (κ1) is 9.20. The molecular formula is C8H9Br2N. The summed E-state index contributed by atoms with van der Waals surface area (Å²) in [4.78, 5) is 4.23. The minimum atomic E-state index is 0.518. The summed E-state index contributed by atoms with van der Waals surface area (Å²) in [7, 11) is 0. The number of aromatic nitrogens is 1. The van der Waals surface area contributed by atoms with Gasteiger partial charge in [0.1, 0.15) is 9.21 Å². The number of nitrogens with zero attached hydrogens (tertiary/aromatic N) is 1. The third-order valence-corrected chi connectivity index (χ3v) is 2.54. The number of hydrogen-bond donors (Lipinski definition) is 0. The van der Waals surface area contributed by atoms with E-state index < -0.39 is 0 Å². The molecule has 1 aromatic rings. The molecule has 0 bridgehead atoms. The molecular weight excluding hydrogens is 270 g/mol. The molecule has 0 aliphatic heterocycles. The first-order valence-electron chi connectivity index (χ1n) is 3.43. The van der Waals surface area contributed by atoms with Crippen LogP contribution in [0.15, 0.2) is 21.3 Å². The Labute approximate surface area is 83.5 Å². The average molecular weight is 279 g/mol. The predicted molar refractivity (Wildman–Crippen MR) is 53.7 cm³/mol. The molecule has 0 aliphatic rings. The van der Waals surface area contributed by atoms with Gasteiger partial charge in [0, 0.05) is 0 Å². The molecule has 0 fully saturated rings. The Kier molecular flexibility index (Phi) is 3.07. The molecule has 0 aliphatic carbocycles. The van der Waals surface area contributed by atoms with Crippen LogP contribution in [0.1, 0.15) is 25.3 Å². The highest BCUT2D eigenvalue weighted by molar-refractivity contribution is 9.11. The van der Waals surface area contributed by atoms with Crippen molar-refractivity contribution >= 4 is 31.9 Å². The van der Waals surface area contributed by atoms with Crippen LogP contribution in [0, 0.1) is 0 Å². The second kappa shape index (κ2) is 3.68. The summed E-state index contributed by atoms with van der Waals surface area (Å²) in [6.45, 7) is 4.30. The van der Waals surface area contributed by atoms with Gasteiger partial charge in [-0.2, -0.15) is 0 Å². The molecule has 3 heteroatoms. The molecule has 60 valence electrons. The molecule has 1 aromatic heterocycles. The quantitative estimate of drug-likeness (QED) is 0.714. The Morgan fingerprint density at radius 1 is 1.27 bits per heavy atom. The normalized spacial score (nSPS) is 10.6. The van der Waals surface area contributed by atoms with Gasteiger partial charge in [0.2, 0.25) is 0 Å². The van der Waals surface area contributed by atoms with Crippen LogP contribution in [0.4, 0.5) is 0 Å². The van der Waals surface area contributed by atoms with E-state index in [9.17, 15) is 0 Å². The third kappa shape index (κ3) is 2.27. The number of halogens is 2. The van der Waals surface area contributed by atoms with Crippen molar-refractivity contribution in [3.63, 3.8) is 0 Å². The van der Waals surface area contributed by atoms with Gasteiger partial charge in [-0.15, -0.1) is 0 Å². The summed E-state index contributed by atoms with van der Waals surface area (Å²) in [5, 5.41) is 0. The van der Waals surface area contributed by atoms with Crippen LogP contribution in [-0.4, -0.2) is 4.98 Å². The van der Waals surface area contributed by atoms with Crippen molar-refractivity contribution in [1.82, 2.24) is 4.98 Å². The zero-order valence-electron chi connectivity index (χ0n) is 6.44.